The summed E-state index contributed by atoms with van der Waals surface area (Å²) < 4.78 is 0. The summed E-state index contributed by atoms with van der Waals surface area (Å²) in [5.74, 6) is 0. The Morgan fingerprint density at radius 3 is 2.17 bits per heavy atom. The Hall–Kier alpha value is -4.26. The first-order valence-electron chi connectivity index (χ1n) is 8.91. The van der Waals surface area contributed by atoms with Gasteiger partial charge in [0.2, 0.25) is 0 Å². The fraction of sp³-hybridized carbons (Fsp3) is 0. The number of nitrogens with one attached hydrogen (secondary N) is 1. The van der Waals surface area contributed by atoms with E-state index in [4.69, 9.17) is 5.73 Å². The zero-order valence-corrected chi connectivity index (χ0v) is 15.3. The van der Waals surface area contributed by atoms with E-state index in [2.05, 4.69) is 15.5 Å². The number of nitrogens with zero attached hydrogens (tertiary/aromatic N) is 3. The van der Waals surface area contributed by atoms with Gasteiger partial charge < -0.3 is 11.1 Å². The lowest BCUT2D eigenvalue weighted by molar-refractivity contribution is -0.384. The lowest BCUT2D eigenvalue weighted by atomic mass is 10.1. The molecule has 0 saturated carbocycles. The first-order chi connectivity index (χ1) is 14.1. The standard InChI is InChI=1S/C22H17N5O2/c23-15-5-7-16(8-6-15)24-21-13-14-22(20-4-2-1-3-19(20)21)26-25-17-9-11-18(12-10-17)27(28)29/h1-14,24H,23H2. The van der Waals surface area contributed by atoms with Crippen LogP contribution in [0.25, 0.3) is 10.8 Å². The molecule has 0 aliphatic carbocycles. The van der Waals surface area contributed by atoms with Gasteiger partial charge in [0, 0.05) is 40.0 Å². The van der Waals surface area contributed by atoms with Gasteiger partial charge in [-0.25, -0.2) is 0 Å². The summed E-state index contributed by atoms with van der Waals surface area (Å²) in [6.45, 7) is 0. The SMILES string of the molecule is Nc1ccc(Nc2ccc(N=Nc3ccc([N+](=O)[O-])cc3)c3ccccc23)cc1. The average molecular weight is 383 g/mol. The molecule has 0 spiro atoms. The number of nitro benzene ring substituents is 1. The fourth-order valence-electron chi connectivity index (χ4n) is 2.95. The van der Waals surface area contributed by atoms with Crippen LogP contribution < -0.4 is 11.1 Å². The van der Waals surface area contributed by atoms with Crippen LogP contribution in [-0.4, -0.2) is 4.92 Å². The van der Waals surface area contributed by atoms with Crippen LogP contribution in [0.15, 0.2) is 95.2 Å². The molecule has 0 radical (unpaired) electrons. The van der Waals surface area contributed by atoms with Gasteiger partial charge in [-0.15, -0.1) is 5.11 Å². The lowest BCUT2D eigenvalue weighted by Crippen LogP contribution is -1.92. The Labute approximate surface area is 166 Å². The van der Waals surface area contributed by atoms with Crippen molar-refractivity contribution >= 4 is 44.9 Å². The maximum absolute atomic E-state index is 10.8. The summed E-state index contributed by atoms with van der Waals surface area (Å²) in [6.07, 6.45) is 0. The van der Waals surface area contributed by atoms with E-state index < -0.39 is 4.92 Å². The van der Waals surface area contributed by atoms with Crippen LogP contribution in [0, 0.1) is 10.1 Å². The number of benzene rings is 4. The van der Waals surface area contributed by atoms with Crippen LogP contribution in [0.1, 0.15) is 0 Å². The van der Waals surface area contributed by atoms with Gasteiger partial charge in [-0.2, -0.15) is 5.11 Å². The second-order valence-corrected chi connectivity index (χ2v) is 6.40. The molecule has 0 saturated heterocycles. The average Bonchev–Trinajstić information content (AvgIpc) is 2.75. The van der Waals surface area contributed by atoms with Gasteiger partial charge in [0.1, 0.15) is 0 Å². The van der Waals surface area contributed by atoms with E-state index in [-0.39, 0.29) is 5.69 Å². The molecule has 0 unspecified atom stereocenters. The zero-order valence-electron chi connectivity index (χ0n) is 15.3. The highest BCUT2D eigenvalue weighted by Crippen LogP contribution is 2.34. The van der Waals surface area contributed by atoms with Crippen molar-refractivity contribution in [1.82, 2.24) is 0 Å². The van der Waals surface area contributed by atoms with Crippen molar-refractivity contribution in [2.45, 2.75) is 0 Å². The highest BCUT2D eigenvalue weighted by atomic mass is 16.6. The van der Waals surface area contributed by atoms with Crippen molar-refractivity contribution in [3.63, 3.8) is 0 Å². The van der Waals surface area contributed by atoms with Crippen molar-refractivity contribution in [3.05, 3.63) is 95.0 Å². The molecule has 7 heteroatoms. The number of azo groups is 1. The molecule has 3 N–H and O–H groups in total. The lowest BCUT2D eigenvalue weighted by Gasteiger charge is -2.11. The predicted molar refractivity (Wildman–Crippen MR) is 115 cm³/mol. The molecule has 0 bridgehead atoms. The molecule has 142 valence electrons. The number of anilines is 3. The van der Waals surface area contributed by atoms with Gasteiger partial charge in [0.05, 0.1) is 16.3 Å². The molecule has 0 aliphatic rings. The van der Waals surface area contributed by atoms with E-state index in [1.54, 1.807) is 12.1 Å². The van der Waals surface area contributed by atoms with E-state index in [0.717, 1.165) is 22.1 Å². The van der Waals surface area contributed by atoms with Gasteiger partial charge in [0.15, 0.2) is 0 Å². The molecule has 0 atom stereocenters. The quantitative estimate of drug-likeness (QED) is 0.178. The van der Waals surface area contributed by atoms with Gasteiger partial charge in [-0.05, 0) is 48.5 Å². The van der Waals surface area contributed by atoms with Gasteiger partial charge >= 0.3 is 0 Å². The van der Waals surface area contributed by atoms with Gasteiger partial charge in [-0.3, -0.25) is 10.1 Å². The molecule has 0 heterocycles. The molecule has 4 aromatic rings. The van der Waals surface area contributed by atoms with Crippen LogP contribution in [0.2, 0.25) is 0 Å². The third kappa shape index (κ3) is 4.03. The Morgan fingerprint density at radius 2 is 1.48 bits per heavy atom. The first-order valence-corrected chi connectivity index (χ1v) is 8.91. The minimum Gasteiger partial charge on any atom is -0.399 e. The summed E-state index contributed by atoms with van der Waals surface area (Å²) in [5, 5.41) is 24.7. The summed E-state index contributed by atoms with van der Waals surface area (Å²) >= 11 is 0. The van der Waals surface area contributed by atoms with E-state index >= 15 is 0 Å². The second kappa shape index (κ2) is 7.77. The molecule has 4 aromatic carbocycles. The van der Waals surface area contributed by atoms with Crippen LogP contribution >= 0.6 is 0 Å². The number of nitro groups is 1. The Morgan fingerprint density at radius 1 is 0.793 bits per heavy atom. The number of nitrogens with two attached hydrogens (primary N) is 1. The second-order valence-electron chi connectivity index (χ2n) is 6.40. The summed E-state index contributed by atoms with van der Waals surface area (Å²) in [5.41, 5.74) is 9.62. The van der Waals surface area contributed by atoms with Gasteiger partial charge in [-0.1, -0.05) is 24.3 Å². The Kier molecular flexibility index (Phi) is 4.86. The molecule has 0 aliphatic heterocycles. The maximum atomic E-state index is 10.8. The minimum atomic E-state index is -0.443. The molecule has 4 rings (SSSR count). The van der Waals surface area contributed by atoms with Crippen LogP contribution in [0.4, 0.5) is 34.1 Å². The Balaban J connectivity index is 1.65. The summed E-state index contributed by atoms with van der Waals surface area (Å²) in [7, 11) is 0. The van der Waals surface area contributed by atoms with Crippen LogP contribution in [-0.2, 0) is 0 Å². The number of hydrogen-bond donors (Lipinski definition) is 2. The zero-order chi connectivity index (χ0) is 20.2. The molecular formula is C22H17N5O2. The molecular weight excluding hydrogens is 366 g/mol. The smallest absolute Gasteiger partial charge is 0.269 e. The highest BCUT2D eigenvalue weighted by Gasteiger charge is 2.07. The Bertz CT molecular complexity index is 1200. The molecule has 0 aromatic heterocycles. The number of nitrogen functional groups attached to an aromatic ring is 1. The predicted octanol–water partition coefficient (Wildman–Crippen LogP) is 6.49. The van der Waals surface area contributed by atoms with E-state index in [1.165, 1.54) is 12.1 Å². The van der Waals surface area contributed by atoms with Gasteiger partial charge in [0.25, 0.3) is 5.69 Å². The summed E-state index contributed by atoms with van der Waals surface area (Å²) in [4.78, 5) is 10.3. The number of fused-ring (bicyclic) bond motifs is 1. The number of non-ortho nitro benzene ring substituents is 1. The monoisotopic (exact) mass is 383 g/mol. The van der Waals surface area contributed by atoms with Crippen molar-refractivity contribution in [1.29, 1.82) is 0 Å². The third-order valence-electron chi connectivity index (χ3n) is 4.42. The topological polar surface area (TPSA) is 106 Å². The molecule has 7 nitrogen and oxygen atoms in total. The normalized spacial score (nSPS) is 11.0. The van der Waals surface area contributed by atoms with Crippen molar-refractivity contribution in [3.8, 4) is 0 Å². The van der Waals surface area contributed by atoms with E-state index in [1.807, 2.05) is 60.7 Å². The molecule has 29 heavy (non-hydrogen) atoms. The number of rotatable bonds is 5. The van der Waals surface area contributed by atoms with Crippen molar-refractivity contribution < 1.29 is 4.92 Å². The number of hydrogen-bond acceptors (Lipinski definition) is 6. The van der Waals surface area contributed by atoms with E-state index in [9.17, 15) is 10.1 Å². The van der Waals surface area contributed by atoms with Crippen molar-refractivity contribution in [2.75, 3.05) is 11.1 Å². The fourth-order valence-corrected chi connectivity index (χ4v) is 2.95. The minimum absolute atomic E-state index is 0.0208. The largest absolute Gasteiger partial charge is 0.399 e. The van der Waals surface area contributed by atoms with Crippen molar-refractivity contribution in [2.24, 2.45) is 10.2 Å². The first kappa shape index (κ1) is 18.1. The summed E-state index contributed by atoms with van der Waals surface area (Å²) in [6, 6.07) is 25.2. The molecule has 0 amide bonds. The third-order valence-corrected chi connectivity index (χ3v) is 4.42. The maximum Gasteiger partial charge on any atom is 0.269 e. The molecule has 0 fully saturated rings. The van der Waals surface area contributed by atoms with E-state index in [0.29, 0.717) is 17.1 Å². The van der Waals surface area contributed by atoms with Crippen LogP contribution in [0.3, 0.4) is 0 Å². The van der Waals surface area contributed by atoms with Crippen LogP contribution in [0.5, 0.6) is 0 Å². The highest BCUT2D eigenvalue weighted by molar-refractivity contribution is 6.01.